The lowest BCUT2D eigenvalue weighted by Gasteiger charge is -2.20. The molecule has 1 heterocycles. The maximum Gasteiger partial charge on any atom is 0.229 e. The van der Waals surface area contributed by atoms with Crippen LogP contribution in [0.15, 0.2) is 35.1 Å². The van der Waals surface area contributed by atoms with E-state index in [9.17, 15) is 4.79 Å². The number of nitrogens with zero attached hydrogens (tertiary/aromatic N) is 2. The zero-order chi connectivity index (χ0) is 15.6. The number of carbonyl (C=O) groups excluding carboxylic acids is 1. The zero-order valence-electron chi connectivity index (χ0n) is 12.1. The Morgan fingerprint density at radius 2 is 1.86 bits per heavy atom. The molecule has 1 aromatic heterocycles. The summed E-state index contributed by atoms with van der Waals surface area (Å²) in [5.74, 6) is 0.392. The summed E-state index contributed by atoms with van der Waals surface area (Å²) in [7, 11) is 0. The third-order valence-corrected chi connectivity index (χ3v) is 3.32. The number of carbonyl (C=O) groups is 1. The van der Waals surface area contributed by atoms with Crippen LogP contribution in [0.4, 0.5) is 11.4 Å². The fourth-order valence-corrected chi connectivity index (χ4v) is 2.16. The maximum atomic E-state index is 12.2. The molecule has 0 saturated carbocycles. The Hall–Kier alpha value is -1.95. The molecule has 1 amide bonds. The molecule has 0 spiro atoms. The maximum absolute atomic E-state index is 12.2. The second-order valence-electron chi connectivity index (χ2n) is 5.69. The summed E-state index contributed by atoms with van der Waals surface area (Å²) >= 11 is 3.40. The molecule has 2 rings (SSSR count). The molecular formula is C15H17BrN4O. The van der Waals surface area contributed by atoms with Crippen LogP contribution in [0.2, 0.25) is 0 Å². The predicted molar refractivity (Wildman–Crippen MR) is 87.7 cm³/mol. The molecule has 0 atom stereocenters. The number of anilines is 2. The van der Waals surface area contributed by atoms with E-state index in [1.165, 1.54) is 0 Å². The first-order valence-electron chi connectivity index (χ1n) is 6.47. The van der Waals surface area contributed by atoms with Crippen LogP contribution >= 0.6 is 15.9 Å². The number of hydrogen-bond donors (Lipinski definition) is 2. The van der Waals surface area contributed by atoms with E-state index in [4.69, 9.17) is 5.73 Å². The molecule has 0 fully saturated rings. The lowest BCUT2D eigenvalue weighted by molar-refractivity contribution is -0.123. The summed E-state index contributed by atoms with van der Waals surface area (Å²) in [5.41, 5.74) is 7.21. The van der Waals surface area contributed by atoms with E-state index >= 15 is 0 Å². The van der Waals surface area contributed by atoms with Crippen LogP contribution in [-0.2, 0) is 4.79 Å². The predicted octanol–water partition coefficient (Wildman–Crippen LogP) is 3.47. The van der Waals surface area contributed by atoms with Crippen molar-refractivity contribution in [2.75, 3.05) is 11.1 Å². The SMILES string of the molecule is CC(C)(C)C(=O)Nc1c(N)cc(Br)cc1-c1ncccn1. The highest BCUT2D eigenvalue weighted by atomic mass is 79.9. The number of nitrogen functional groups attached to an aromatic ring is 1. The van der Waals surface area contributed by atoms with E-state index in [1.807, 2.05) is 26.8 Å². The Kier molecular flexibility index (Phi) is 4.27. The molecule has 0 aliphatic rings. The molecule has 0 unspecified atom stereocenters. The van der Waals surface area contributed by atoms with Crippen LogP contribution in [-0.4, -0.2) is 15.9 Å². The van der Waals surface area contributed by atoms with Crippen molar-refractivity contribution in [3.05, 3.63) is 35.1 Å². The van der Waals surface area contributed by atoms with Crippen molar-refractivity contribution >= 4 is 33.2 Å². The normalized spacial score (nSPS) is 11.2. The fraction of sp³-hybridized carbons (Fsp3) is 0.267. The van der Waals surface area contributed by atoms with Gasteiger partial charge in [0.25, 0.3) is 0 Å². The van der Waals surface area contributed by atoms with Crippen LogP contribution in [0.25, 0.3) is 11.4 Å². The van der Waals surface area contributed by atoms with Gasteiger partial charge in [0.2, 0.25) is 5.91 Å². The first kappa shape index (κ1) is 15.4. The molecule has 2 aromatic rings. The van der Waals surface area contributed by atoms with Gasteiger partial charge in [0.05, 0.1) is 11.4 Å². The summed E-state index contributed by atoms with van der Waals surface area (Å²) in [5, 5.41) is 2.88. The van der Waals surface area contributed by atoms with E-state index in [2.05, 4.69) is 31.2 Å². The zero-order valence-corrected chi connectivity index (χ0v) is 13.7. The van der Waals surface area contributed by atoms with Gasteiger partial charge in [-0.25, -0.2) is 9.97 Å². The summed E-state index contributed by atoms with van der Waals surface area (Å²) < 4.78 is 0.802. The van der Waals surface area contributed by atoms with Crippen molar-refractivity contribution in [3.63, 3.8) is 0 Å². The second-order valence-corrected chi connectivity index (χ2v) is 6.61. The Labute approximate surface area is 132 Å². The first-order chi connectivity index (χ1) is 9.79. The highest BCUT2D eigenvalue weighted by Gasteiger charge is 2.24. The van der Waals surface area contributed by atoms with Crippen LogP contribution in [0, 0.1) is 5.41 Å². The third-order valence-electron chi connectivity index (χ3n) is 2.86. The molecule has 21 heavy (non-hydrogen) atoms. The minimum atomic E-state index is -0.520. The van der Waals surface area contributed by atoms with E-state index in [0.717, 1.165) is 4.47 Å². The van der Waals surface area contributed by atoms with Crippen LogP contribution in [0.1, 0.15) is 20.8 Å². The number of hydrogen-bond acceptors (Lipinski definition) is 4. The van der Waals surface area contributed by atoms with Gasteiger partial charge in [-0.1, -0.05) is 36.7 Å². The molecule has 0 aliphatic heterocycles. The van der Waals surface area contributed by atoms with Crippen molar-refractivity contribution in [1.29, 1.82) is 0 Å². The largest absolute Gasteiger partial charge is 0.397 e. The smallest absolute Gasteiger partial charge is 0.229 e. The topological polar surface area (TPSA) is 80.9 Å². The Morgan fingerprint density at radius 3 is 2.43 bits per heavy atom. The molecule has 0 saturated heterocycles. The van der Waals surface area contributed by atoms with E-state index < -0.39 is 5.41 Å². The molecule has 110 valence electrons. The lowest BCUT2D eigenvalue weighted by Crippen LogP contribution is -2.28. The standard InChI is InChI=1S/C15H17BrN4O/c1-15(2,3)14(21)20-12-10(7-9(16)8-11(12)17)13-18-5-4-6-19-13/h4-8H,17H2,1-3H3,(H,20,21). The van der Waals surface area contributed by atoms with Crippen molar-refractivity contribution in [2.24, 2.45) is 5.41 Å². The molecular weight excluding hydrogens is 332 g/mol. The highest BCUT2D eigenvalue weighted by molar-refractivity contribution is 9.10. The third kappa shape index (κ3) is 3.58. The molecule has 5 nitrogen and oxygen atoms in total. The summed E-state index contributed by atoms with van der Waals surface area (Å²) in [6.07, 6.45) is 3.30. The molecule has 0 aliphatic carbocycles. The van der Waals surface area contributed by atoms with E-state index in [-0.39, 0.29) is 5.91 Å². The Morgan fingerprint density at radius 1 is 1.24 bits per heavy atom. The number of nitrogens with two attached hydrogens (primary N) is 1. The monoisotopic (exact) mass is 348 g/mol. The summed E-state index contributed by atoms with van der Waals surface area (Å²) in [6, 6.07) is 5.31. The van der Waals surface area contributed by atoms with Crippen molar-refractivity contribution in [2.45, 2.75) is 20.8 Å². The molecule has 0 bridgehead atoms. The van der Waals surface area contributed by atoms with Gasteiger partial charge in [0, 0.05) is 27.8 Å². The van der Waals surface area contributed by atoms with Gasteiger partial charge in [-0.3, -0.25) is 4.79 Å². The minimum Gasteiger partial charge on any atom is -0.397 e. The molecule has 1 aromatic carbocycles. The van der Waals surface area contributed by atoms with Gasteiger partial charge in [-0.15, -0.1) is 0 Å². The fourth-order valence-electron chi connectivity index (χ4n) is 1.68. The van der Waals surface area contributed by atoms with Crippen LogP contribution in [0.3, 0.4) is 0 Å². The number of rotatable bonds is 2. The number of amides is 1. The minimum absolute atomic E-state index is 0.117. The second kappa shape index (κ2) is 5.81. The quantitative estimate of drug-likeness (QED) is 0.814. The van der Waals surface area contributed by atoms with Crippen LogP contribution < -0.4 is 11.1 Å². The van der Waals surface area contributed by atoms with Crippen LogP contribution in [0.5, 0.6) is 0 Å². The molecule has 3 N–H and O–H groups in total. The lowest BCUT2D eigenvalue weighted by atomic mass is 9.95. The number of aromatic nitrogens is 2. The Balaban J connectivity index is 2.53. The summed E-state index contributed by atoms with van der Waals surface area (Å²) in [6.45, 7) is 5.53. The van der Waals surface area contributed by atoms with Gasteiger partial charge in [-0.2, -0.15) is 0 Å². The van der Waals surface area contributed by atoms with E-state index in [1.54, 1.807) is 24.5 Å². The Bertz CT molecular complexity index is 665. The average molecular weight is 349 g/mol. The van der Waals surface area contributed by atoms with Gasteiger partial charge in [0.1, 0.15) is 0 Å². The van der Waals surface area contributed by atoms with E-state index in [0.29, 0.717) is 22.8 Å². The van der Waals surface area contributed by atoms with Crippen molar-refractivity contribution in [1.82, 2.24) is 9.97 Å². The summed E-state index contributed by atoms with van der Waals surface area (Å²) in [4.78, 5) is 20.7. The van der Waals surface area contributed by atoms with Crippen molar-refractivity contribution < 1.29 is 4.79 Å². The average Bonchev–Trinajstić information content (AvgIpc) is 2.41. The van der Waals surface area contributed by atoms with Gasteiger partial charge >= 0.3 is 0 Å². The molecule has 6 heteroatoms. The highest BCUT2D eigenvalue weighted by Crippen LogP contribution is 2.35. The number of halogens is 1. The van der Waals surface area contributed by atoms with Gasteiger partial charge in [-0.05, 0) is 18.2 Å². The number of nitrogens with one attached hydrogen (secondary N) is 1. The van der Waals surface area contributed by atoms with Gasteiger partial charge in [0.15, 0.2) is 5.82 Å². The first-order valence-corrected chi connectivity index (χ1v) is 7.26. The van der Waals surface area contributed by atoms with Gasteiger partial charge < -0.3 is 11.1 Å². The number of benzene rings is 1. The molecule has 0 radical (unpaired) electrons. The van der Waals surface area contributed by atoms with Crippen molar-refractivity contribution in [3.8, 4) is 11.4 Å².